The second-order valence-corrected chi connectivity index (χ2v) is 7.75. The normalized spacial score (nSPS) is 11.9. The number of rotatable bonds is 4. The molecule has 0 unspecified atom stereocenters. The average molecular weight is 456 g/mol. The van der Waals surface area contributed by atoms with E-state index < -0.39 is 32.0 Å². The summed E-state index contributed by atoms with van der Waals surface area (Å²) in [7, 11) is -4.46. The van der Waals surface area contributed by atoms with Crippen LogP contribution in [0.15, 0.2) is 45.8 Å². The van der Waals surface area contributed by atoms with Crippen LogP contribution in [0.3, 0.4) is 0 Å². The molecular formula is C15H10BrF4NO4S. The predicted octanol–water partition coefficient (Wildman–Crippen LogP) is 4.14. The molecule has 26 heavy (non-hydrogen) atoms. The van der Waals surface area contributed by atoms with Gasteiger partial charge in [0.2, 0.25) is 0 Å². The minimum Gasteiger partial charge on any atom is -0.495 e. The van der Waals surface area contributed by atoms with Gasteiger partial charge in [0.15, 0.2) is 0 Å². The van der Waals surface area contributed by atoms with Crippen LogP contribution in [0.2, 0.25) is 0 Å². The number of benzene rings is 2. The van der Waals surface area contributed by atoms with E-state index in [2.05, 4.69) is 21.2 Å². The molecule has 0 atom stereocenters. The Labute approximate surface area is 154 Å². The largest absolute Gasteiger partial charge is 0.501 e. The highest BCUT2D eigenvalue weighted by atomic mass is 79.9. The third-order valence-corrected chi connectivity index (χ3v) is 5.19. The summed E-state index contributed by atoms with van der Waals surface area (Å²) in [6.07, 6.45) is 0. The van der Waals surface area contributed by atoms with Crippen LogP contribution in [0.1, 0.15) is 10.4 Å². The molecule has 0 bridgehead atoms. The Morgan fingerprint density at radius 2 is 1.81 bits per heavy atom. The molecule has 140 valence electrons. The molecule has 11 heteroatoms. The maximum absolute atomic E-state index is 13.8. The van der Waals surface area contributed by atoms with Gasteiger partial charge in [0.05, 0.1) is 23.3 Å². The van der Waals surface area contributed by atoms with E-state index in [1.54, 1.807) is 0 Å². The Hall–Kier alpha value is -2.14. The van der Waals surface area contributed by atoms with Crippen molar-refractivity contribution in [3.05, 3.63) is 52.3 Å². The number of carbonyl (C=O) groups is 1. The molecule has 2 rings (SSSR count). The van der Waals surface area contributed by atoms with Gasteiger partial charge in [0, 0.05) is 4.47 Å². The molecule has 0 aliphatic carbocycles. The average Bonchev–Trinajstić information content (AvgIpc) is 2.53. The van der Waals surface area contributed by atoms with Crippen LogP contribution in [0.4, 0.5) is 23.2 Å². The maximum atomic E-state index is 13.8. The van der Waals surface area contributed by atoms with Gasteiger partial charge in [-0.2, -0.15) is 13.2 Å². The smallest absolute Gasteiger partial charge is 0.495 e. The van der Waals surface area contributed by atoms with Crippen LogP contribution >= 0.6 is 15.9 Å². The predicted molar refractivity (Wildman–Crippen MR) is 88.3 cm³/mol. The van der Waals surface area contributed by atoms with E-state index in [-0.39, 0.29) is 17.0 Å². The molecule has 0 heterocycles. The van der Waals surface area contributed by atoms with Gasteiger partial charge in [-0.3, -0.25) is 4.79 Å². The van der Waals surface area contributed by atoms with Gasteiger partial charge in [-0.1, -0.05) is 15.9 Å². The number of methoxy groups -OCH3 is 1. The Kier molecular flexibility index (Phi) is 5.61. The van der Waals surface area contributed by atoms with Crippen LogP contribution in [0.25, 0.3) is 0 Å². The minimum absolute atomic E-state index is 0.100. The number of hydrogen-bond donors (Lipinski definition) is 1. The second kappa shape index (κ2) is 7.23. The number of sulfone groups is 1. The van der Waals surface area contributed by atoms with Gasteiger partial charge in [-0.05, 0) is 36.4 Å². The fourth-order valence-corrected chi connectivity index (χ4v) is 3.07. The first kappa shape index (κ1) is 20.2. The molecule has 1 N–H and O–H groups in total. The molecular weight excluding hydrogens is 446 g/mol. The van der Waals surface area contributed by atoms with E-state index in [0.717, 1.165) is 18.2 Å². The lowest BCUT2D eigenvalue weighted by Gasteiger charge is -2.14. The van der Waals surface area contributed by atoms with E-state index in [4.69, 9.17) is 4.74 Å². The lowest BCUT2D eigenvalue weighted by Crippen LogP contribution is -2.23. The summed E-state index contributed by atoms with van der Waals surface area (Å²) in [6, 6.07) is 5.80. The van der Waals surface area contributed by atoms with E-state index in [1.807, 2.05) is 0 Å². The van der Waals surface area contributed by atoms with Gasteiger partial charge >= 0.3 is 5.51 Å². The standard InChI is InChI=1S/C15H10BrF4NO4S/c1-25-13-5-3-9(26(23,24)15(18,19)20)7-12(13)21-14(22)10-4-2-8(16)6-11(10)17/h2-7H,1H3,(H,21,22). The van der Waals surface area contributed by atoms with Crippen molar-refractivity contribution in [2.45, 2.75) is 10.4 Å². The number of ether oxygens (including phenoxy) is 1. The number of halogens is 5. The molecule has 5 nitrogen and oxygen atoms in total. The molecule has 0 radical (unpaired) electrons. The molecule has 0 saturated heterocycles. The molecule has 2 aromatic carbocycles. The maximum Gasteiger partial charge on any atom is 0.501 e. The van der Waals surface area contributed by atoms with Crippen LogP contribution in [-0.4, -0.2) is 26.9 Å². The SMILES string of the molecule is COc1ccc(S(=O)(=O)C(F)(F)F)cc1NC(=O)c1ccc(Br)cc1F. The molecule has 1 amide bonds. The number of carbonyl (C=O) groups excluding carboxylic acids is 1. The van der Waals surface area contributed by atoms with Crippen molar-refractivity contribution in [1.82, 2.24) is 0 Å². The Balaban J connectivity index is 2.45. The quantitative estimate of drug-likeness (QED) is 0.703. The first-order valence-electron chi connectivity index (χ1n) is 6.73. The van der Waals surface area contributed by atoms with Crippen molar-refractivity contribution >= 4 is 37.4 Å². The third kappa shape index (κ3) is 3.98. The molecule has 0 spiro atoms. The summed E-state index contributed by atoms with van der Waals surface area (Å²) in [5.41, 5.74) is -6.26. The van der Waals surface area contributed by atoms with Crippen LogP contribution in [0.5, 0.6) is 5.75 Å². The van der Waals surface area contributed by atoms with E-state index in [1.165, 1.54) is 13.2 Å². The lowest BCUT2D eigenvalue weighted by molar-refractivity contribution is -0.0436. The Morgan fingerprint density at radius 3 is 2.35 bits per heavy atom. The molecule has 2 aromatic rings. The van der Waals surface area contributed by atoms with Gasteiger partial charge in [0.1, 0.15) is 11.6 Å². The molecule has 0 aliphatic heterocycles. The van der Waals surface area contributed by atoms with Gasteiger partial charge in [-0.15, -0.1) is 0 Å². The van der Waals surface area contributed by atoms with Gasteiger partial charge in [-0.25, -0.2) is 12.8 Å². The first-order valence-corrected chi connectivity index (χ1v) is 9.01. The summed E-state index contributed by atoms with van der Waals surface area (Å²) >= 11 is 3.02. The topological polar surface area (TPSA) is 72.5 Å². The molecule has 0 fully saturated rings. The fraction of sp³-hybridized carbons (Fsp3) is 0.133. The summed E-state index contributed by atoms with van der Waals surface area (Å²) in [5.74, 6) is -1.97. The van der Waals surface area contributed by atoms with Crippen molar-refractivity contribution in [2.24, 2.45) is 0 Å². The molecule has 0 saturated carbocycles. The second-order valence-electron chi connectivity index (χ2n) is 4.89. The highest BCUT2D eigenvalue weighted by Gasteiger charge is 2.47. The monoisotopic (exact) mass is 455 g/mol. The number of anilines is 1. The zero-order valence-corrected chi connectivity index (χ0v) is 15.3. The van der Waals surface area contributed by atoms with Crippen molar-refractivity contribution < 1.29 is 35.5 Å². The first-order chi connectivity index (χ1) is 12.0. The zero-order valence-electron chi connectivity index (χ0n) is 12.9. The van der Waals surface area contributed by atoms with E-state index in [9.17, 15) is 30.8 Å². The van der Waals surface area contributed by atoms with Crippen molar-refractivity contribution in [3.8, 4) is 5.75 Å². The Bertz CT molecular complexity index is 961. The number of alkyl halides is 3. The molecule has 0 aromatic heterocycles. The van der Waals surface area contributed by atoms with Crippen LogP contribution in [-0.2, 0) is 9.84 Å². The number of hydrogen-bond acceptors (Lipinski definition) is 4. The third-order valence-electron chi connectivity index (χ3n) is 3.21. The summed E-state index contributed by atoms with van der Waals surface area (Å²) in [6.45, 7) is 0. The molecule has 0 aliphatic rings. The highest BCUT2D eigenvalue weighted by molar-refractivity contribution is 9.10. The fourth-order valence-electron chi connectivity index (χ4n) is 1.95. The number of amides is 1. The van der Waals surface area contributed by atoms with E-state index >= 15 is 0 Å². The summed E-state index contributed by atoms with van der Waals surface area (Å²) in [4.78, 5) is 11.1. The number of nitrogens with one attached hydrogen (secondary N) is 1. The van der Waals surface area contributed by atoms with Gasteiger partial charge < -0.3 is 10.1 Å². The summed E-state index contributed by atoms with van der Waals surface area (Å²) < 4.78 is 80.2. The summed E-state index contributed by atoms with van der Waals surface area (Å²) in [5, 5.41) is 2.15. The van der Waals surface area contributed by atoms with Crippen LogP contribution in [0, 0.1) is 5.82 Å². The lowest BCUT2D eigenvalue weighted by atomic mass is 10.2. The highest BCUT2D eigenvalue weighted by Crippen LogP contribution is 2.35. The van der Waals surface area contributed by atoms with Crippen molar-refractivity contribution in [2.75, 3.05) is 12.4 Å². The minimum atomic E-state index is -5.63. The Morgan fingerprint density at radius 1 is 1.15 bits per heavy atom. The van der Waals surface area contributed by atoms with Crippen molar-refractivity contribution in [1.29, 1.82) is 0 Å². The van der Waals surface area contributed by atoms with E-state index in [0.29, 0.717) is 16.6 Å². The zero-order chi connectivity index (χ0) is 19.7. The van der Waals surface area contributed by atoms with Gasteiger partial charge in [0.25, 0.3) is 15.7 Å². The van der Waals surface area contributed by atoms with Crippen molar-refractivity contribution in [3.63, 3.8) is 0 Å². The van der Waals surface area contributed by atoms with Crippen LogP contribution < -0.4 is 10.1 Å².